The SMILES string of the molecule is O=c1[nH]c2ccc(N=Cc3c4ccccc4cc4ccccc34)cc2[nH]1. The highest BCUT2D eigenvalue weighted by molar-refractivity contribution is 6.13. The Labute approximate surface area is 148 Å². The number of aliphatic imine (C=N–C) groups is 1. The molecule has 5 aromatic rings. The van der Waals surface area contributed by atoms with Gasteiger partial charge in [0.2, 0.25) is 0 Å². The quantitative estimate of drug-likeness (QED) is 0.349. The standard InChI is InChI=1S/C22H15N3O/c26-22-24-20-10-9-16(12-21(20)25-22)23-13-19-17-7-3-1-5-14(17)11-15-6-2-4-8-18(15)19/h1-13H,(H2,24,25,26). The second-order valence-electron chi connectivity index (χ2n) is 6.30. The van der Waals surface area contributed by atoms with Crippen LogP contribution in [-0.4, -0.2) is 16.2 Å². The minimum Gasteiger partial charge on any atom is -0.306 e. The molecule has 0 unspecified atom stereocenters. The molecule has 0 aliphatic carbocycles. The molecule has 0 saturated heterocycles. The fraction of sp³-hybridized carbons (Fsp3) is 0. The zero-order valence-corrected chi connectivity index (χ0v) is 13.9. The lowest BCUT2D eigenvalue weighted by atomic mass is 9.97. The van der Waals surface area contributed by atoms with Crippen LogP contribution in [0.4, 0.5) is 5.69 Å². The van der Waals surface area contributed by atoms with Crippen LogP contribution in [-0.2, 0) is 0 Å². The van der Waals surface area contributed by atoms with Gasteiger partial charge in [0.05, 0.1) is 16.7 Å². The van der Waals surface area contributed by atoms with E-state index in [1.165, 1.54) is 21.5 Å². The summed E-state index contributed by atoms with van der Waals surface area (Å²) in [6.07, 6.45) is 1.91. The Morgan fingerprint density at radius 3 is 2.12 bits per heavy atom. The van der Waals surface area contributed by atoms with E-state index in [4.69, 9.17) is 0 Å². The summed E-state index contributed by atoms with van der Waals surface area (Å²) in [5.41, 5.74) is 3.23. The number of rotatable bonds is 2. The summed E-state index contributed by atoms with van der Waals surface area (Å²) in [6.45, 7) is 0. The molecule has 5 rings (SSSR count). The van der Waals surface area contributed by atoms with Gasteiger partial charge >= 0.3 is 5.69 Å². The molecule has 1 heterocycles. The Morgan fingerprint density at radius 1 is 0.731 bits per heavy atom. The van der Waals surface area contributed by atoms with Crippen LogP contribution in [0.5, 0.6) is 0 Å². The second-order valence-corrected chi connectivity index (χ2v) is 6.30. The number of hydrogen-bond acceptors (Lipinski definition) is 2. The predicted molar refractivity (Wildman–Crippen MR) is 108 cm³/mol. The lowest BCUT2D eigenvalue weighted by molar-refractivity contribution is 1.21. The molecule has 4 aromatic carbocycles. The number of nitrogens with one attached hydrogen (secondary N) is 2. The molecule has 0 aliphatic rings. The van der Waals surface area contributed by atoms with Crippen molar-refractivity contribution in [1.82, 2.24) is 9.97 Å². The molecule has 124 valence electrons. The summed E-state index contributed by atoms with van der Waals surface area (Å²) in [4.78, 5) is 21.6. The average molecular weight is 337 g/mol. The number of H-pyrrole nitrogens is 2. The van der Waals surface area contributed by atoms with Crippen LogP contribution in [0.15, 0.2) is 82.6 Å². The summed E-state index contributed by atoms with van der Waals surface area (Å²) in [5, 5.41) is 4.73. The molecule has 0 radical (unpaired) electrons. The lowest BCUT2D eigenvalue weighted by Crippen LogP contribution is -1.99. The van der Waals surface area contributed by atoms with Gasteiger partial charge in [-0.25, -0.2) is 4.79 Å². The molecule has 0 bridgehead atoms. The van der Waals surface area contributed by atoms with Crippen LogP contribution < -0.4 is 5.69 Å². The maximum Gasteiger partial charge on any atom is 0.323 e. The summed E-state index contributed by atoms with van der Waals surface area (Å²) >= 11 is 0. The van der Waals surface area contributed by atoms with E-state index in [-0.39, 0.29) is 5.69 Å². The van der Waals surface area contributed by atoms with Crippen molar-refractivity contribution < 1.29 is 0 Å². The number of aromatic amines is 2. The minimum atomic E-state index is -0.207. The molecule has 0 atom stereocenters. The molecule has 0 fully saturated rings. The van der Waals surface area contributed by atoms with Crippen LogP contribution in [0.3, 0.4) is 0 Å². The molecular formula is C22H15N3O. The van der Waals surface area contributed by atoms with Crippen LogP contribution in [0.25, 0.3) is 32.6 Å². The largest absolute Gasteiger partial charge is 0.323 e. The van der Waals surface area contributed by atoms with Crippen LogP contribution in [0.1, 0.15) is 5.56 Å². The zero-order chi connectivity index (χ0) is 17.5. The monoisotopic (exact) mass is 337 g/mol. The van der Waals surface area contributed by atoms with Crippen LogP contribution in [0, 0.1) is 0 Å². The topological polar surface area (TPSA) is 61.0 Å². The maximum atomic E-state index is 11.4. The van der Waals surface area contributed by atoms with Crippen LogP contribution >= 0.6 is 0 Å². The van der Waals surface area contributed by atoms with Gasteiger partial charge in [-0.3, -0.25) is 4.99 Å². The lowest BCUT2D eigenvalue weighted by Gasteiger charge is -2.07. The number of nitrogens with zero attached hydrogens (tertiary/aromatic N) is 1. The van der Waals surface area contributed by atoms with Gasteiger partial charge < -0.3 is 9.97 Å². The molecule has 0 saturated carbocycles. The van der Waals surface area contributed by atoms with Gasteiger partial charge in [0, 0.05) is 11.8 Å². The molecule has 2 N–H and O–H groups in total. The minimum absolute atomic E-state index is 0.207. The third-order valence-corrected chi connectivity index (χ3v) is 4.66. The Hall–Kier alpha value is -3.66. The molecule has 4 heteroatoms. The van der Waals surface area contributed by atoms with E-state index in [9.17, 15) is 4.79 Å². The van der Waals surface area contributed by atoms with Gasteiger partial charge in [-0.2, -0.15) is 0 Å². The highest BCUT2D eigenvalue weighted by Crippen LogP contribution is 2.28. The van der Waals surface area contributed by atoms with E-state index in [2.05, 4.69) is 45.3 Å². The van der Waals surface area contributed by atoms with E-state index >= 15 is 0 Å². The predicted octanol–water partition coefficient (Wildman–Crippen LogP) is 4.91. The first-order valence-corrected chi connectivity index (χ1v) is 8.44. The summed E-state index contributed by atoms with van der Waals surface area (Å²) in [7, 11) is 0. The highest BCUT2D eigenvalue weighted by atomic mass is 16.1. The van der Waals surface area contributed by atoms with E-state index in [0.29, 0.717) is 0 Å². The molecule has 4 nitrogen and oxygen atoms in total. The number of imidazole rings is 1. The van der Waals surface area contributed by atoms with Gasteiger partial charge in [-0.1, -0.05) is 48.5 Å². The first-order chi connectivity index (χ1) is 12.8. The Kier molecular flexibility index (Phi) is 3.22. The van der Waals surface area contributed by atoms with Crippen molar-refractivity contribution in [2.45, 2.75) is 0 Å². The maximum absolute atomic E-state index is 11.4. The smallest absolute Gasteiger partial charge is 0.306 e. The van der Waals surface area contributed by atoms with Crippen molar-refractivity contribution in [2.75, 3.05) is 0 Å². The summed E-state index contributed by atoms with van der Waals surface area (Å²) < 4.78 is 0. The van der Waals surface area contributed by atoms with E-state index in [0.717, 1.165) is 22.3 Å². The van der Waals surface area contributed by atoms with Gasteiger partial charge in [-0.05, 0) is 45.8 Å². The fourth-order valence-corrected chi connectivity index (χ4v) is 3.43. The molecule has 26 heavy (non-hydrogen) atoms. The number of benzene rings is 4. The third-order valence-electron chi connectivity index (χ3n) is 4.66. The van der Waals surface area contributed by atoms with Crippen molar-refractivity contribution in [2.24, 2.45) is 4.99 Å². The highest BCUT2D eigenvalue weighted by Gasteiger charge is 2.05. The van der Waals surface area contributed by atoms with Gasteiger partial charge in [0.25, 0.3) is 0 Å². The first kappa shape index (κ1) is 14.7. The van der Waals surface area contributed by atoms with E-state index in [1.54, 1.807) is 0 Å². The number of aromatic nitrogens is 2. The molecule has 1 aromatic heterocycles. The first-order valence-electron chi connectivity index (χ1n) is 8.44. The van der Waals surface area contributed by atoms with Gasteiger partial charge in [0.1, 0.15) is 0 Å². The average Bonchev–Trinajstić information content (AvgIpc) is 3.04. The molecule has 0 amide bonds. The van der Waals surface area contributed by atoms with Crippen molar-refractivity contribution in [1.29, 1.82) is 0 Å². The Balaban J connectivity index is 1.71. The zero-order valence-electron chi connectivity index (χ0n) is 13.9. The summed E-state index contributed by atoms with van der Waals surface area (Å²) in [6, 6.07) is 24.5. The van der Waals surface area contributed by atoms with Gasteiger partial charge in [0.15, 0.2) is 0 Å². The van der Waals surface area contributed by atoms with Crippen molar-refractivity contribution in [3.8, 4) is 0 Å². The van der Waals surface area contributed by atoms with E-state index < -0.39 is 0 Å². The van der Waals surface area contributed by atoms with Crippen molar-refractivity contribution in [3.05, 3.63) is 88.8 Å². The Bertz CT molecular complexity index is 1300. The number of hydrogen-bond donors (Lipinski definition) is 2. The Morgan fingerprint density at radius 2 is 1.38 bits per heavy atom. The second kappa shape index (κ2) is 5.70. The fourth-order valence-electron chi connectivity index (χ4n) is 3.43. The normalized spacial score (nSPS) is 11.8. The summed E-state index contributed by atoms with van der Waals surface area (Å²) in [5.74, 6) is 0. The molecule has 0 aliphatic heterocycles. The van der Waals surface area contributed by atoms with Crippen molar-refractivity contribution in [3.63, 3.8) is 0 Å². The molecular weight excluding hydrogens is 322 g/mol. The van der Waals surface area contributed by atoms with Crippen LogP contribution in [0.2, 0.25) is 0 Å². The van der Waals surface area contributed by atoms with Crippen molar-refractivity contribution >= 4 is 44.5 Å². The van der Waals surface area contributed by atoms with Gasteiger partial charge in [-0.15, -0.1) is 0 Å². The van der Waals surface area contributed by atoms with E-state index in [1.807, 2.05) is 48.7 Å². The molecule has 0 spiro atoms. The number of fused-ring (bicyclic) bond motifs is 3. The third kappa shape index (κ3) is 2.40.